The van der Waals surface area contributed by atoms with Crippen LogP contribution in [0.4, 0.5) is 4.79 Å². The molecule has 3 rings (SSSR count). The number of benzene rings is 1. The molecular formula is C26H36O9. The van der Waals surface area contributed by atoms with E-state index in [1.54, 1.807) is 6.07 Å². The second-order valence-electron chi connectivity index (χ2n) is 9.62. The molecule has 1 aromatic carbocycles. The average Bonchev–Trinajstić information content (AvgIpc) is 3.12. The van der Waals surface area contributed by atoms with Gasteiger partial charge in [0.25, 0.3) is 0 Å². The number of aliphatic carboxylic acids is 2. The fourth-order valence-electron chi connectivity index (χ4n) is 5.63. The molecule has 0 bridgehead atoms. The Morgan fingerprint density at radius 2 is 1.83 bits per heavy atom. The van der Waals surface area contributed by atoms with E-state index in [-0.39, 0.29) is 30.5 Å². The molecule has 0 amide bonds. The van der Waals surface area contributed by atoms with Crippen LogP contribution in [0.3, 0.4) is 0 Å². The first kappa shape index (κ1) is 26.8. The van der Waals surface area contributed by atoms with Crippen LogP contribution in [0.1, 0.15) is 63.0 Å². The van der Waals surface area contributed by atoms with Gasteiger partial charge in [0.15, 0.2) is 13.2 Å². The molecule has 0 saturated heterocycles. The van der Waals surface area contributed by atoms with Crippen LogP contribution in [0.2, 0.25) is 0 Å². The highest BCUT2D eigenvalue weighted by molar-refractivity contribution is 5.71. The predicted molar refractivity (Wildman–Crippen MR) is 125 cm³/mol. The molecule has 9 nitrogen and oxygen atoms in total. The van der Waals surface area contributed by atoms with Crippen molar-refractivity contribution in [3.8, 4) is 5.75 Å². The largest absolute Gasteiger partial charge is 0.509 e. The highest BCUT2D eigenvalue weighted by Gasteiger charge is 2.45. The van der Waals surface area contributed by atoms with Crippen molar-refractivity contribution < 1.29 is 43.9 Å². The number of unbranched alkanes of at least 4 members (excludes halogenated alkanes) is 2. The zero-order valence-electron chi connectivity index (χ0n) is 20.2. The summed E-state index contributed by atoms with van der Waals surface area (Å²) in [6.45, 7) is 0.971. The molecule has 0 aromatic heterocycles. The smallest absolute Gasteiger partial charge is 0.482 e. The Morgan fingerprint density at radius 1 is 1.06 bits per heavy atom. The third kappa shape index (κ3) is 7.59. The van der Waals surface area contributed by atoms with Crippen LogP contribution in [0.5, 0.6) is 5.75 Å². The molecule has 3 N–H and O–H groups in total. The summed E-state index contributed by atoms with van der Waals surface area (Å²) in [5.41, 5.74) is 2.16. The number of hydrogen-bond donors (Lipinski definition) is 3. The number of aliphatic hydroxyl groups is 1. The van der Waals surface area contributed by atoms with E-state index in [9.17, 15) is 19.5 Å². The molecule has 9 heteroatoms. The summed E-state index contributed by atoms with van der Waals surface area (Å²) in [5.74, 6) is -1.04. The van der Waals surface area contributed by atoms with Crippen molar-refractivity contribution in [2.24, 2.45) is 17.8 Å². The molecule has 194 valence electrons. The molecule has 35 heavy (non-hydrogen) atoms. The number of fused-ring (bicyclic) bond motifs is 2. The van der Waals surface area contributed by atoms with Gasteiger partial charge >= 0.3 is 18.1 Å². The maximum Gasteiger partial charge on any atom is 0.509 e. The highest BCUT2D eigenvalue weighted by atomic mass is 16.7. The lowest BCUT2D eigenvalue weighted by atomic mass is 9.73. The number of carboxylic acid groups (broad SMARTS) is 2. The molecule has 2 aliphatic carbocycles. The summed E-state index contributed by atoms with van der Waals surface area (Å²) in [6, 6.07) is 5.71. The van der Waals surface area contributed by atoms with Crippen molar-refractivity contribution in [1.29, 1.82) is 0 Å². The van der Waals surface area contributed by atoms with Crippen LogP contribution >= 0.6 is 0 Å². The quantitative estimate of drug-likeness (QED) is 0.277. The molecule has 1 fully saturated rings. The fourth-order valence-corrected chi connectivity index (χ4v) is 5.63. The van der Waals surface area contributed by atoms with Gasteiger partial charge in [-0.3, -0.25) is 0 Å². The van der Waals surface area contributed by atoms with E-state index < -0.39 is 30.8 Å². The van der Waals surface area contributed by atoms with Gasteiger partial charge in [-0.2, -0.15) is 0 Å². The number of rotatable bonds is 13. The van der Waals surface area contributed by atoms with Gasteiger partial charge in [-0.05, 0) is 79.9 Å². The van der Waals surface area contributed by atoms with Crippen LogP contribution in [0.15, 0.2) is 18.2 Å². The molecule has 1 saturated carbocycles. The Kier molecular flexibility index (Phi) is 9.77. The molecule has 2 aliphatic rings. The van der Waals surface area contributed by atoms with Gasteiger partial charge in [-0.1, -0.05) is 31.9 Å². The van der Waals surface area contributed by atoms with Gasteiger partial charge in [-0.15, -0.1) is 0 Å². The monoisotopic (exact) mass is 492 g/mol. The number of carbonyl (C=O) groups excluding carboxylic acids is 1. The fraction of sp³-hybridized carbons (Fsp3) is 0.654. The molecular weight excluding hydrogens is 456 g/mol. The maximum absolute atomic E-state index is 11.9. The standard InChI is InChI=1S/C26H36O9/c1-2-3-4-7-18(35-26(32)34-15-25(30)31)9-10-19-20-11-16-6-5-8-23(33-14-24(28)29)21(16)12-17(20)13-22(19)27/h5-6,8,17-20,22,27H,2-4,7,9-15H2,1H3,(H,28,29)(H,30,31)/t17-,18-,19+,20-,22+/m0/s1. The van der Waals surface area contributed by atoms with Gasteiger partial charge in [0.05, 0.1) is 6.10 Å². The number of hydrogen-bond acceptors (Lipinski definition) is 7. The van der Waals surface area contributed by atoms with E-state index in [4.69, 9.17) is 19.7 Å². The summed E-state index contributed by atoms with van der Waals surface area (Å²) < 4.78 is 15.6. The van der Waals surface area contributed by atoms with Gasteiger partial charge < -0.3 is 29.5 Å². The summed E-state index contributed by atoms with van der Waals surface area (Å²) >= 11 is 0. The van der Waals surface area contributed by atoms with E-state index in [0.29, 0.717) is 31.4 Å². The number of ether oxygens (including phenoxy) is 3. The van der Waals surface area contributed by atoms with Crippen LogP contribution in [-0.4, -0.2) is 58.8 Å². The Balaban J connectivity index is 1.63. The van der Waals surface area contributed by atoms with Crippen LogP contribution in [0, 0.1) is 17.8 Å². The Labute approximate surface area is 205 Å². The van der Waals surface area contributed by atoms with Crippen LogP contribution in [-0.2, 0) is 31.9 Å². The molecule has 5 atom stereocenters. The molecule has 0 spiro atoms. The first-order valence-electron chi connectivity index (χ1n) is 12.5. The zero-order valence-corrected chi connectivity index (χ0v) is 20.2. The van der Waals surface area contributed by atoms with Crippen LogP contribution in [0.25, 0.3) is 0 Å². The minimum absolute atomic E-state index is 0.0593. The lowest BCUT2D eigenvalue weighted by molar-refractivity contribution is -0.141. The minimum atomic E-state index is -1.24. The van der Waals surface area contributed by atoms with Crippen molar-refractivity contribution in [1.82, 2.24) is 0 Å². The lowest BCUT2D eigenvalue weighted by Gasteiger charge is -2.32. The van der Waals surface area contributed by atoms with Crippen molar-refractivity contribution in [3.63, 3.8) is 0 Å². The van der Waals surface area contributed by atoms with E-state index >= 15 is 0 Å². The van der Waals surface area contributed by atoms with E-state index in [0.717, 1.165) is 43.2 Å². The molecule has 0 radical (unpaired) electrons. The summed E-state index contributed by atoms with van der Waals surface area (Å²) in [5, 5.41) is 28.6. The van der Waals surface area contributed by atoms with Crippen molar-refractivity contribution in [2.75, 3.05) is 13.2 Å². The minimum Gasteiger partial charge on any atom is -0.482 e. The maximum atomic E-state index is 11.9. The Hall–Kier alpha value is -2.81. The molecule has 0 aliphatic heterocycles. The van der Waals surface area contributed by atoms with Gasteiger partial charge in [0.1, 0.15) is 11.9 Å². The number of aliphatic hydroxyl groups excluding tert-OH is 1. The second kappa shape index (κ2) is 12.8. The summed E-state index contributed by atoms with van der Waals surface area (Å²) in [6.07, 6.45) is 5.22. The first-order valence-corrected chi connectivity index (χ1v) is 12.5. The Morgan fingerprint density at radius 3 is 2.54 bits per heavy atom. The Bertz CT molecular complexity index is 884. The van der Waals surface area contributed by atoms with Crippen LogP contribution < -0.4 is 4.74 Å². The molecule has 0 unspecified atom stereocenters. The number of carboxylic acids is 2. The number of carbonyl (C=O) groups is 3. The summed E-state index contributed by atoms with van der Waals surface area (Å²) in [7, 11) is 0. The molecule has 1 aromatic rings. The third-order valence-electron chi connectivity index (χ3n) is 7.23. The lowest BCUT2D eigenvalue weighted by Crippen LogP contribution is -2.29. The van der Waals surface area contributed by atoms with Gasteiger partial charge in [-0.25, -0.2) is 14.4 Å². The van der Waals surface area contributed by atoms with E-state index in [1.807, 2.05) is 12.1 Å². The summed E-state index contributed by atoms with van der Waals surface area (Å²) in [4.78, 5) is 33.5. The third-order valence-corrected chi connectivity index (χ3v) is 7.23. The topological polar surface area (TPSA) is 140 Å². The van der Waals surface area contributed by atoms with Crippen molar-refractivity contribution >= 4 is 18.1 Å². The van der Waals surface area contributed by atoms with Crippen molar-refractivity contribution in [2.45, 2.75) is 76.9 Å². The first-order chi connectivity index (χ1) is 16.8. The van der Waals surface area contributed by atoms with E-state index in [1.165, 1.54) is 0 Å². The normalized spacial score (nSPS) is 23.6. The van der Waals surface area contributed by atoms with Crippen molar-refractivity contribution in [3.05, 3.63) is 29.3 Å². The average molecular weight is 493 g/mol. The molecule has 0 heterocycles. The van der Waals surface area contributed by atoms with E-state index in [2.05, 4.69) is 11.7 Å². The predicted octanol–water partition coefficient (Wildman–Crippen LogP) is 3.83. The SMILES string of the molecule is CCCCC[C@@H](CC[C@@H]1[C@H]2Cc3cccc(OCC(=O)O)c3C[C@H]2C[C@H]1O)OC(=O)OCC(=O)O. The highest BCUT2D eigenvalue weighted by Crippen LogP contribution is 2.48. The second-order valence-corrected chi connectivity index (χ2v) is 9.62. The van der Waals surface area contributed by atoms with Gasteiger partial charge in [0, 0.05) is 0 Å². The zero-order chi connectivity index (χ0) is 25.4. The van der Waals surface area contributed by atoms with Gasteiger partial charge in [0.2, 0.25) is 0 Å².